The average Bonchev–Trinajstić information content (AvgIpc) is 2.86. The molecule has 1 saturated heterocycles. The maximum atomic E-state index is 12.3. The average molecular weight is 306 g/mol. The lowest BCUT2D eigenvalue weighted by Crippen LogP contribution is -2.48. The molecule has 0 radical (unpaired) electrons. The first-order chi connectivity index (χ1) is 10.1. The van der Waals surface area contributed by atoms with E-state index in [1.165, 1.54) is 11.8 Å². The monoisotopic (exact) mass is 306 g/mol. The van der Waals surface area contributed by atoms with Crippen molar-refractivity contribution in [2.24, 2.45) is 0 Å². The number of fused-ring (bicyclic) bond motifs is 1. The molecule has 21 heavy (non-hydrogen) atoms. The zero-order valence-corrected chi connectivity index (χ0v) is 12.9. The first-order valence-electron chi connectivity index (χ1n) is 7.03. The van der Waals surface area contributed by atoms with Gasteiger partial charge in [0, 0.05) is 13.1 Å². The Labute approximate surface area is 127 Å². The Kier molecular flexibility index (Phi) is 4.17. The molecule has 2 heterocycles. The Morgan fingerprint density at radius 1 is 1.33 bits per heavy atom. The number of carbonyl (C=O) groups is 1. The summed E-state index contributed by atoms with van der Waals surface area (Å²) in [6.07, 6.45) is 0.180. The molecular formula is C15H18N2O3S. The number of nitrogens with zero attached hydrogens (tertiary/aromatic N) is 2. The van der Waals surface area contributed by atoms with Crippen molar-refractivity contribution in [3.63, 3.8) is 0 Å². The molecule has 1 amide bonds. The number of rotatable bonds is 3. The van der Waals surface area contributed by atoms with E-state index in [1.807, 2.05) is 43.0 Å². The molecule has 2 aromatic rings. The third kappa shape index (κ3) is 3.39. The highest BCUT2D eigenvalue weighted by Gasteiger charge is 2.26. The third-order valence-electron chi connectivity index (χ3n) is 3.37. The van der Waals surface area contributed by atoms with Gasteiger partial charge >= 0.3 is 0 Å². The third-order valence-corrected chi connectivity index (χ3v) is 4.18. The van der Waals surface area contributed by atoms with Crippen molar-refractivity contribution in [3.05, 3.63) is 24.3 Å². The molecule has 0 saturated carbocycles. The SMILES string of the molecule is C[C@@H]1CN(C(=O)CSc2nc3ccccc3o2)C[C@H](C)O1. The normalized spacial score (nSPS) is 22.7. The fraction of sp³-hybridized carbons (Fsp3) is 0.467. The number of carbonyl (C=O) groups excluding carboxylic acids is 1. The standard InChI is InChI=1S/C15H18N2O3S/c1-10-7-17(8-11(2)19-10)14(18)9-21-15-16-12-5-3-4-6-13(12)20-15/h3-6,10-11H,7-9H2,1-2H3/t10-,11+. The van der Waals surface area contributed by atoms with Gasteiger partial charge in [0.2, 0.25) is 5.91 Å². The summed E-state index contributed by atoms with van der Waals surface area (Å²) in [7, 11) is 0. The Morgan fingerprint density at radius 2 is 2.05 bits per heavy atom. The molecule has 0 spiro atoms. The van der Waals surface area contributed by atoms with Crippen LogP contribution < -0.4 is 0 Å². The summed E-state index contributed by atoms with van der Waals surface area (Å²) in [5.41, 5.74) is 1.57. The minimum atomic E-state index is 0.0898. The highest BCUT2D eigenvalue weighted by Crippen LogP contribution is 2.23. The lowest BCUT2D eigenvalue weighted by Gasteiger charge is -2.35. The minimum Gasteiger partial charge on any atom is -0.431 e. The van der Waals surface area contributed by atoms with Gasteiger partial charge in [0.15, 0.2) is 5.58 Å². The van der Waals surface area contributed by atoms with Gasteiger partial charge in [-0.25, -0.2) is 4.98 Å². The molecule has 1 aromatic heterocycles. The predicted octanol–water partition coefficient (Wildman–Crippen LogP) is 2.56. The van der Waals surface area contributed by atoms with Crippen molar-refractivity contribution in [3.8, 4) is 0 Å². The number of ether oxygens (including phenoxy) is 1. The Hall–Kier alpha value is -1.53. The highest BCUT2D eigenvalue weighted by atomic mass is 32.2. The van der Waals surface area contributed by atoms with Crippen molar-refractivity contribution >= 4 is 28.8 Å². The van der Waals surface area contributed by atoms with E-state index in [2.05, 4.69) is 4.98 Å². The molecule has 2 atom stereocenters. The smallest absolute Gasteiger partial charge is 0.257 e. The van der Waals surface area contributed by atoms with Crippen LogP contribution in [0.15, 0.2) is 33.9 Å². The second-order valence-electron chi connectivity index (χ2n) is 5.29. The van der Waals surface area contributed by atoms with E-state index in [-0.39, 0.29) is 18.1 Å². The van der Waals surface area contributed by atoms with Crippen LogP contribution in [-0.2, 0) is 9.53 Å². The molecule has 1 fully saturated rings. The molecular weight excluding hydrogens is 288 g/mol. The van der Waals surface area contributed by atoms with Gasteiger partial charge < -0.3 is 14.1 Å². The van der Waals surface area contributed by atoms with E-state index in [4.69, 9.17) is 9.15 Å². The Balaban J connectivity index is 1.60. The molecule has 6 heteroatoms. The summed E-state index contributed by atoms with van der Waals surface area (Å²) in [5.74, 6) is 0.441. The van der Waals surface area contributed by atoms with Crippen LogP contribution in [0.1, 0.15) is 13.8 Å². The van der Waals surface area contributed by atoms with Gasteiger partial charge in [-0.2, -0.15) is 0 Å². The van der Waals surface area contributed by atoms with Crippen molar-refractivity contribution in [1.29, 1.82) is 0 Å². The maximum absolute atomic E-state index is 12.3. The molecule has 0 aliphatic carbocycles. The van der Waals surface area contributed by atoms with Crippen LogP contribution in [0.3, 0.4) is 0 Å². The lowest BCUT2D eigenvalue weighted by atomic mass is 10.2. The van der Waals surface area contributed by atoms with E-state index < -0.39 is 0 Å². The number of benzene rings is 1. The van der Waals surface area contributed by atoms with Crippen LogP contribution in [0, 0.1) is 0 Å². The molecule has 5 nitrogen and oxygen atoms in total. The van der Waals surface area contributed by atoms with Gasteiger partial charge in [-0.05, 0) is 26.0 Å². The lowest BCUT2D eigenvalue weighted by molar-refractivity contribution is -0.140. The maximum Gasteiger partial charge on any atom is 0.257 e. The molecule has 0 bridgehead atoms. The second-order valence-corrected chi connectivity index (χ2v) is 6.22. The van der Waals surface area contributed by atoms with Crippen molar-refractivity contribution in [2.45, 2.75) is 31.3 Å². The number of aromatic nitrogens is 1. The van der Waals surface area contributed by atoms with E-state index >= 15 is 0 Å². The quantitative estimate of drug-likeness (QED) is 0.816. The van der Waals surface area contributed by atoms with E-state index in [0.717, 1.165) is 11.1 Å². The summed E-state index contributed by atoms with van der Waals surface area (Å²) in [6, 6.07) is 7.60. The molecule has 0 N–H and O–H groups in total. The van der Waals surface area contributed by atoms with Gasteiger partial charge in [0.05, 0.1) is 18.0 Å². The molecule has 112 valence electrons. The first kappa shape index (κ1) is 14.4. The van der Waals surface area contributed by atoms with E-state index in [1.54, 1.807) is 0 Å². The summed E-state index contributed by atoms with van der Waals surface area (Å²) >= 11 is 1.34. The second kappa shape index (κ2) is 6.07. The fourth-order valence-corrected chi connectivity index (χ4v) is 3.25. The van der Waals surface area contributed by atoms with Crippen molar-refractivity contribution in [1.82, 2.24) is 9.88 Å². The topological polar surface area (TPSA) is 55.6 Å². The number of hydrogen-bond donors (Lipinski definition) is 0. The van der Waals surface area contributed by atoms with Crippen LogP contribution in [0.5, 0.6) is 0 Å². The minimum absolute atomic E-state index is 0.0898. The number of morpholine rings is 1. The van der Waals surface area contributed by atoms with Gasteiger partial charge in [-0.1, -0.05) is 23.9 Å². The van der Waals surface area contributed by atoms with Crippen LogP contribution in [0.2, 0.25) is 0 Å². The number of amides is 1. The van der Waals surface area contributed by atoms with Crippen LogP contribution in [0.4, 0.5) is 0 Å². The van der Waals surface area contributed by atoms with Crippen molar-refractivity contribution in [2.75, 3.05) is 18.8 Å². The summed E-state index contributed by atoms with van der Waals surface area (Å²) in [5, 5.41) is 0.541. The Morgan fingerprint density at radius 3 is 2.76 bits per heavy atom. The zero-order valence-electron chi connectivity index (χ0n) is 12.1. The van der Waals surface area contributed by atoms with E-state index in [9.17, 15) is 4.79 Å². The number of hydrogen-bond acceptors (Lipinski definition) is 5. The molecule has 0 unspecified atom stereocenters. The largest absolute Gasteiger partial charge is 0.431 e. The number of para-hydroxylation sites is 2. The number of thioether (sulfide) groups is 1. The van der Waals surface area contributed by atoms with E-state index in [0.29, 0.717) is 24.1 Å². The first-order valence-corrected chi connectivity index (χ1v) is 8.02. The van der Waals surface area contributed by atoms with Crippen LogP contribution >= 0.6 is 11.8 Å². The Bertz CT molecular complexity index is 600. The molecule has 1 aliphatic heterocycles. The van der Waals surface area contributed by atoms with Gasteiger partial charge in [-0.3, -0.25) is 4.79 Å². The van der Waals surface area contributed by atoms with Crippen molar-refractivity contribution < 1.29 is 13.9 Å². The number of oxazole rings is 1. The molecule has 1 aromatic carbocycles. The van der Waals surface area contributed by atoms with Gasteiger partial charge in [0.25, 0.3) is 5.22 Å². The summed E-state index contributed by atoms with van der Waals surface area (Å²) < 4.78 is 11.2. The fourth-order valence-electron chi connectivity index (χ4n) is 2.51. The predicted molar refractivity (Wildman–Crippen MR) is 81.3 cm³/mol. The van der Waals surface area contributed by atoms with Crippen LogP contribution in [0.25, 0.3) is 11.1 Å². The van der Waals surface area contributed by atoms with Gasteiger partial charge in [-0.15, -0.1) is 0 Å². The summed E-state index contributed by atoms with van der Waals surface area (Å²) in [6.45, 7) is 5.28. The zero-order chi connectivity index (χ0) is 14.8. The highest BCUT2D eigenvalue weighted by molar-refractivity contribution is 7.99. The molecule has 1 aliphatic rings. The summed E-state index contributed by atoms with van der Waals surface area (Å²) in [4.78, 5) is 18.5. The molecule has 3 rings (SSSR count). The van der Waals surface area contributed by atoms with Gasteiger partial charge in [0.1, 0.15) is 5.52 Å². The van der Waals surface area contributed by atoms with Crippen LogP contribution in [-0.4, -0.2) is 46.8 Å².